The third-order valence-electron chi connectivity index (χ3n) is 29.6. The number of aromatic nitrogens is 12. The van der Waals surface area contributed by atoms with E-state index in [9.17, 15) is 0 Å². The maximum absolute atomic E-state index is 5.44. The van der Waals surface area contributed by atoms with E-state index in [2.05, 4.69) is 507 Å². The Hall–Kier alpha value is -19.6. The average molecular weight is 1830 g/mol. The first-order chi connectivity index (χ1) is 71.4. The molecule has 0 fully saturated rings. The first kappa shape index (κ1) is 80.5. The molecular weight excluding hydrogens is 1750 g/mol. The van der Waals surface area contributed by atoms with E-state index in [-0.39, 0.29) is 0 Å². The lowest BCUT2D eigenvalue weighted by atomic mass is 10.0. The smallest absolute Gasteiger partial charge is 0.235 e. The molecule has 32 aromatic rings. The molecule has 0 aliphatic carbocycles. The quantitative estimate of drug-likeness (QED) is 0.162. The summed E-state index contributed by atoms with van der Waals surface area (Å²) in [5.41, 5.74) is 22.7. The van der Waals surface area contributed by atoms with E-state index < -0.39 is 0 Å². The van der Waals surface area contributed by atoms with Crippen LogP contribution in [0.4, 0.5) is 0 Å². The van der Waals surface area contributed by atoms with Gasteiger partial charge in [-0.3, -0.25) is 13.7 Å². The molecule has 12 nitrogen and oxygen atoms in total. The molecule has 0 saturated carbocycles. The molecule has 9 heterocycles. The minimum atomic E-state index is 0.666. The Balaban J connectivity index is 0.000000101. The summed E-state index contributed by atoms with van der Waals surface area (Å²) >= 11 is 0. The molecule has 0 aliphatic rings. The maximum atomic E-state index is 5.44. The number of hydrogen-bond donors (Lipinski definition) is 1. The van der Waals surface area contributed by atoms with Crippen LogP contribution in [-0.2, 0) is 0 Å². The Morgan fingerprint density at radius 1 is 0.174 bits per heavy atom. The van der Waals surface area contributed by atoms with Gasteiger partial charge in [0, 0.05) is 114 Å². The summed E-state index contributed by atoms with van der Waals surface area (Å²) in [6.07, 6.45) is 0. The van der Waals surface area contributed by atoms with Crippen molar-refractivity contribution in [3.63, 3.8) is 0 Å². The molecule has 12 heteroatoms. The van der Waals surface area contributed by atoms with Crippen molar-refractivity contribution in [1.29, 1.82) is 0 Å². The highest BCUT2D eigenvalue weighted by atomic mass is 15.2. The highest BCUT2D eigenvalue weighted by Gasteiger charge is 2.27. The molecular formula is C132H80N12. The summed E-state index contributed by atoms with van der Waals surface area (Å²) in [6.45, 7) is 0. The number of nitrogens with one attached hydrogen (secondary N) is 1. The van der Waals surface area contributed by atoms with Crippen LogP contribution in [0, 0.1) is 0 Å². The second kappa shape index (κ2) is 32.0. The second-order valence-electron chi connectivity index (χ2n) is 37.6. The number of hydrogen-bond acceptors (Lipinski definition) is 6. The fourth-order valence-corrected chi connectivity index (χ4v) is 23.1. The lowest BCUT2D eigenvalue weighted by molar-refractivity contribution is 1.01. The van der Waals surface area contributed by atoms with Crippen LogP contribution in [0.1, 0.15) is 0 Å². The van der Waals surface area contributed by atoms with Gasteiger partial charge in [-0.1, -0.05) is 322 Å². The lowest BCUT2D eigenvalue weighted by Gasteiger charge is -2.13. The molecule has 0 amide bonds. The van der Waals surface area contributed by atoms with Crippen molar-refractivity contribution in [2.45, 2.75) is 0 Å². The predicted octanol–water partition coefficient (Wildman–Crippen LogP) is 33.9. The molecule has 0 spiro atoms. The van der Waals surface area contributed by atoms with Gasteiger partial charge in [-0.2, -0.15) is 0 Å². The van der Waals surface area contributed by atoms with Crippen molar-refractivity contribution in [3.05, 3.63) is 479 Å². The SMILES string of the molecule is c1ccc(-n2c3ccccc3c3c4cc(-c5nc(-n6c7ccccc7c7cc8ccccc8cc76)c6ccccc6n5)ccc4ccc32)cc1.c1ccc(-n2c3ccccc3c3c4ccc(-c5nc(-n6c7ccccc7c7cc8ccccc8cc76)c6ccccc6n5)cc4ccc32)cc1.c1ccc2cc3c(cc2c1)[nH]c1c(-c2nc(-n4c5ccccc5c5cc6ccccc6cc54)nc4ccccc24)cccc13. The van der Waals surface area contributed by atoms with E-state index in [1.807, 2.05) is 0 Å². The Morgan fingerprint density at radius 3 is 1.03 bits per heavy atom. The zero-order valence-electron chi connectivity index (χ0n) is 77.5. The molecule has 0 radical (unpaired) electrons. The van der Waals surface area contributed by atoms with Crippen molar-refractivity contribution < 1.29 is 0 Å². The van der Waals surface area contributed by atoms with Gasteiger partial charge < -0.3 is 14.1 Å². The van der Waals surface area contributed by atoms with Crippen LogP contribution in [0.5, 0.6) is 0 Å². The third-order valence-corrected chi connectivity index (χ3v) is 29.6. The van der Waals surface area contributed by atoms with Crippen molar-refractivity contribution in [3.8, 4) is 63.0 Å². The average Bonchev–Trinajstić information content (AvgIpc) is 1.57. The minimum absolute atomic E-state index is 0.666. The highest BCUT2D eigenvalue weighted by molar-refractivity contribution is 6.25. The van der Waals surface area contributed by atoms with E-state index in [1.54, 1.807) is 0 Å². The summed E-state index contributed by atoms with van der Waals surface area (Å²) < 4.78 is 11.6. The molecule has 0 saturated heterocycles. The molecule has 0 unspecified atom stereocenters. The topological polar surface area (TPSA) is 118 Å². The molecule has 0 bridgehead atoms. The number of fused-ring (bicyclic) bond motifs is 29. The van der Waals surface area contributed by atoms with Gasteiger partial charge in [0.05, 0.1) is 82.9 Å². The van der Waals surface area contributed by atoms with Gasteiger partial charge in [-0.25, -0.2) is 29.9 Å². The zero-order valence-corrected chi connectivity index (χ0v) is 77.5. The molecule has 0 atom stereocenters. The fourth-order valence-electron chi connectivity index (χ4n) is 23.1. The van der Waals surface area contributed by atoms with Crippen LogP contribution < -0.4 is 0 Å². The van der Waals surface area contributed by atoms with Crippen molar-refractivity contribution in [2.75, 3.05) is 0 Å². The Labute approximate surface area is 822 Å². The van der Waals surface area contributed by atoms with E-state index >= 15 is 0 Å². The molecule has 32 rings (SSSR count). The fraction of sp³-hybridized carbons (Fsp3) is 0. The molecule has 1 N–H and O–H groups in total. The summed E-state index contributed by atoms with van der Waals surface area (Å²) in [5.74, 6) is 3.84. The van der Waals surface area contributed by atoms with Crippen LogP contribution in [-0.4, -0.2) is 57.7 Å². The van der Waals surface area contributed by atoms with Crippen molar-refractivity contribution >= 4 is 228 Å². The summed E-state index contributed by atoms with van der Waals surface area (Å²) in [6, 6.07) is 171. The summed E-state index contributed by atoms with van der Waals surface area (Å²) in [4.78, 5) is 35.6. The Bertz CT molecular complexity index is 11100. The van der Waals surface area contributed by atoms with E-state index in [1.165, 1.54) is 146 Å². The zero-order chi connectivity index (χ0) is 94.3. The number of aromatic amines is 1. The van der Waals surface area contributed by atoms with Crippen LogP contribution >= 0.6 is 0 Å². The standard InChI is InChI=1S/2C46H28N4.C40H24N4/c1-2-14-33(15-3-1)49-41-21-11-8-18-37(41)44-34-24-22-32(26-31(34)23-25-42(44)49)45-47-39-19-9-6-17-36(39)46(48-45)50-40-20-10-7-16-35(40)38-27-29-12-4-5-13-30(29)28-43(38)50;1-2-14-33(15-3-1)49-41-21-11-8-18-36(41)44-37-27-32(23-22-29(37)24-25-42(44)49)45-47-39-19-9-6-17-35(39)46(48-45)50-40-20-10-7-16-34(40)38-26-30-12-4-5-13-31(30)28-43(38)50;1-3-12-26-22-35-32(20-24(26)10-1)29-16-9-17-31(38(29)41-35)39-30-15-5-7-18-34(30)42-40(43-39)44-36-19-8-6-14-28(36)33-21-25-11-2-4-13-27(25)23-37(33)44/h2*1-28H;1-23,41H. The molecule has 144 heavy (non-hydrogen) atoms. The van der Waals surface area contributed by atoms with Gasteiger partial charge in [0.2, 0.25) is 5.95 Å². The van der Waals surface area contributed by atoms with Crippen LogP contribution in [0.25, 0.3) is 291 Å². The van der Waals surface area contributed by atoms with Crippen LogP contribution in [0.3, 0.4) is 0 Å². The monoisotopic (exact) mass is 1830 g/mol. The van der Waals surface area contributed by atoms with E-state index in [0.29, 0.717) is 17.6 Å². The Kier molecular flexibility index (Phi) is 17.9. The van der Waals surface area contributed by atoms with Gasteiger partial charge in [0.15, 0.2) is 11.6 Å². The van der Waals surface area contributed by atoms with Crippen LogP contribution in [0.15, 0.2) is 479 Å². The predicted molar refractivity (Wildman–Crippen MR) is 601 cm³/mol. The Morgan fingerprint density at radius 2 is 0.535 bits per heavy atom. The first-order valence-corrected chi connectivity index (χ1v) is 48.9. The van der Waals surface area contributed by atoms with Gasteiger partial charge in [0.1, 0.15) is 11.6 Å². The van der Waals surface area contributed by atoms with E-state index in [4.69, 9.17) is 29.9 Å². The van der Waals surface area contributed by atoms with Gasteiger partial charge >= 0.3 is 0 Å². The van der Waals surface area contributed by atoms with Gasteiger partial charge in [-0.15, -0.1) is 0 Å². The molecule has 9 aromatic heterocycles. The van der Waals surface area contributed by atoms with Crippen molar-refractivity contribution in [2.24, 2.45) is 0 Å². The van der Waals surface area contributed by atoms with Gasteiger partial charge in [0.25, 0.3) is 0 Å². The van der Waals surface area contributed by atoms with Crippen LogP contribution in [0.2, 0.25) is 0 Å². The summed E-state index contributed by atoms with van der Waals surface area (Å²) in [7, 11) is 0. The number of para-hydroxylation sites is 11. The summed E-state index contributed by atoms with van der Waals surface area (Å²) in [5, 5.41) is 32.2. The highest BCUT2D eigenvalue weighted by Crippen LogP contribution is 2.47. The number of H-pyrrole nitrogens is 1. The first-order valence-electron chi connectivity index (χ1n) is 48.9. The van der Waals surface area contributed by atoms with Gasteiger partial charge in [-0.05, 0) is 222 Å². The number of nitrogens with zero attached hydrogens (tertiary/aromatic N) is 11. The largest absolute Gasteiger partial charge is 0.354 e. The number of benzene rings is 23. The number of rotatable bonds is 8. The van der Waals surface area contributed by atoms with E-state index in [0.717, 1.165) is 128 Å². The molecule has 23 aromatic carbocycles. The molecule has 0 aliphatic heterocycles. The lowest BCUT2D eigenvalue weighted by Crippen LogP contribution is -2.03. The minimum Gasteiger partial charge on any atom is -0.354 e. The normalized spacial score (nSPS) is 12.0. The third kappa shape index (κ3) is 12.6. The second-order valence-corrected chi connectivity index (χ2v) is 37.6. The molecule has 668 valence electrons. The van der Waals surface area contributed by atoms with Crippen molar-refractivity contribution in [1.82, 2.24) is 57.7 Å². The maximum Gasteiger partial charge on any atom is 0.235 e.